The van der Waals surface area contributed by atoms with Crippen molar-refractivity contribution in [2.75, 3.05) is 59.5 Å². The molecule has 3 heterocycles. The summed E-state index contributed by atoms with van der Waals surface area (Å²) in [5.74, 6) is 2.71. The topological polar surface area (TPSA) is 114 Å². The Balaban J connectivity index is 1.27. The third-order valence-electron chi connectivity index (χ3n) is 11.5. The Kier molecular flexibility index (Phi) is 12.9. The van der Waals surface area contributed by atoms with Crippen molar-refractivity contribution in [2.45, 2.75) is 136 Å². The van der Waals surface area contributed by atoms with Gasteiger partial charge in [-0.1, -0.05) is 0 Å². The molecule has 0 spiro atoms. The molecule has 50 heavy (non-hydrogen) atoms. The highest BCUT2D eigenvalue weighted by molar-refractivity contribution is 5.45. The summed E-state index contributed by atoms with van der Waals surface area (Å²) in [6.07, 6.45) is 2.78. The van der Waals surface area contributed by atoms with Crippen LogP contribution < -0.4 is 19.5 Å². The van der Waals surface area contributed by atoms with E-state index in [0.717, 1.165) is 19.3 Å². The molecule has 3 fully saturated rings. The number of nitrogens with one attached hydrogen (secondary N) is 1. The van der Waals surface area contributed by atoms with E-state index in [1.54, 1.807) is 0 Å². The lowest BCUT2D eigenvalue weighted by atomic mass is 9.88. The fourth-order valence-electron chi connectivity index (χ4n) is 8.60. The van der Waals surface area contributed by atoms with Gasteiger partial charge < -0.3 is 44.2 Å². The Hall–Kier alpha value is -1.70. The van der Waals surface area contributed by atoms with E-state index in [4.69, 9.17) is 28.4 Å². The monoisotopic (exact) mass is 708 g/mol. The maximum Gasteiger partial charge on any atom is 0.164 e. The van der Waals surface area contributed by atoms with Crippen LogP contribution in [0, 0.1) is 17.8 Å². The Labute approximate surface area is 302 Å². The van der Waals surface area contributed by atoms with Gasteiger partial charge in [-0.05, 0) is 114 Å². The molecular formula is C39H69N3O8. The van der Waals surface area contributed by atoms with Crippen molar-refractivity contribution in [3.05, 3.63) is 18.2 Å². The summed E-state index contributed by atoms with van der Waals surface area (Å²) >= 11 is 0. The first-order chi connectivity index (χ1) is 23.1. The molecule has 4 rings (SSSR count). The SMILES string of the molecule is CC1(C)CC(COCCOc2cc(OCCOCC3CC(C)(C)N(O)C3(C)C)ccc2OCCOCC2CC(C)(C)N(O)C2(C)C)C(C)(C)N1. The first kappa shape index (κ1) is 41.1. The van der Waals surface area contributed by atoms with Crippen LogP contribution in [0.4, 0.5) is 0 Å². The molecule has 3 aliphatic rings. The predicted molar refractivity (Wildman–Crippen MR) is 195 cm³/mol. The van der Waals surface area contributed by atoms with Crippen LogP contribution in [0.2, 0.25) is 0 Å². The zero-order chi connectivity index (χ0) is 37.2. The number of rotatable bonds is 18. The molecule has 11 nitrogen and oxygen atoms in total. The first-order valence-corrected chi connectivity index (χ1v) is 18.6. The third-order valence-corrected chi connectivity index (χ3v) is 11.5. The Morgan fingerprint density at radius 2 is 1.02 bits per heavy atom. The summed E-state index contributed by atoms with van der Waals surface area (Å²) in [5, 5.41) is 27.9. The van der Waals surface area contributed by atoms with Crippen molar-refractivity contribution in [3.63, 3.8) is 0 Å². The van der Waals surface area contributed by atoms with Crippen LogP contribution in [-0.4, -0.2) is 113 Å². The summed E-state index contributed by atoms with van der Waals surface area (Å²) in [5.41, 5.74) is -1.16. The largest absolute Gasteiger partial charge is 0.491 e. The average molecular weight is 708 g/mol. The quantitative estimate of drug-likeness (QED) is 0.144. The van der Waals surface area contributed by atoms with Gasteiger partial charge in [0.25, 0.3) is 0 Å². The summed E-state index contributed by atoms with van der Waals surface area (Å²) in [4.78, 5) is 0. The number of benzene rings is 1. The molecule has 1 aromatic rings. The normalized spacial score (nSPS) is 27.8. The number of hydrogen-bond acceptors (Lipinski definition) is 11. The molecule has 1 aromatic carbocycles. The van der Waals surface area contributed by atoms with Gasteiger partial charge in [-0.15, -0.1) is 0 Å². The van der Waals surface area contributed by atoms with E-state index in [9.17, 15) is 10.4 Å². The molecule has 0 radical (unpaired) electrons. The van der Waals surface area contributed by atoms with E-state index in [1.807, 2.05) is 18.2 Å². The zero-order valence-corrected chi connectivity index (χ0v) is 33.2. The van der Waals surface area contributed by atoms with Crippen LogP contribution in [0.3, 0.4) is 0 Å². The van der Waals surface area contributed by atoms with Gasteiger partial charge in [0.05, 0.1) is 39.6 Å². The van der Waals surface area contributed by atoms with Gasteiger partial charge in [0.2, 0.25) is 0 Å². The molecule has 3 N–H and O–H groups in total. The molecule has 3 unspecified atom stereocenters. The Morgan fingerprint density at radius 3 is 1.44 bits per heavy atom. The number of hydrogen-bond donors (Lipinski definition) is 3. The molecule has 0 amide bonds. The maximum atomic E-state index is 10.6. The lowest BCUT2D eigenvalue weighted by molar-refractivity contribution is -0.198. The molecule has 11 heteroatoms. The molecule has 288 valence electrons. The van der Waals surface area contributed by atoms with Crippen LogP contribution in [0.25, 0.3) is 0 Å². The molecule has 3 saturated heterocycles. The predicted octanol–water partition coefficient (Wildman–Crippen LogP) is 6.58. The van der Waals surface area contributed by atoms with Gasteiger partial charge in [-0.3, -0.25) is 0 Å². The highest BCUT2D eigenvalue weighted by Crippen LogP contribution is 2.44. The average Bonchev–Trinajstić information content (AvgIpc) is 3.40. The second kappa shape index (κ2) is 15.7. The van der Waals surface area contributed by atoms with Gasteiger partial charge in [-0.2, -0.15) is 10.1 Å². The van der Waals surface area contributed by atoms with E-state index >= 15 is 0 Å². The second-order valence-corrected chi connectivity index (χ2v) is 18.4. The van der Waals surface area contributed by atoms with E-state index in [1.165, 1.54) is 10.1 Å². The fourth-order valence-corrected chi connectivity index (χ4v) is 8.60. The van der Waals surface area contributed by atoms with Crippen LogP contribution in [0.1, 0.15) is 102 Å². The zero-order valence-electron chi connectivity index (χ0n) is 33.2. The van der Waals surface area contributed by atoms with E-state index in [-0.39, 0.29) is 45.1 Å². The lowest BCUT2D eigenvalue weighted by Crippen LogP contribution is -2.47. The number of nitrogens with zero attached hydrogens (tertiary/aromatic N) is 2. The minimum atomic E-state index is -0.362. The van der Waals surface area contributed by atoms with Crippen molar-refractivity contribution < 1.29 is 38.8 Å². The summed E-state index contributed by atoms with van der Waals surface area (Å²) in [7, 11) is 0. The van der Waals surface area contributed by atoms with Crippen molar-refractivity contribution in [2.24, 2.45) is 17.8 Å². The van der Waals surface area contributed by atoms with Crippen molar-refractivity contribution in [1.29, 1.82) is 0 Å². The minimum absolute atomic E-state index is 0.0209. The smallest absolute Gasteiger partial charge is 0.164 e. The van der Waals surface area contributed by atoms with Crippen molar-refractivity contribution in [3.8, 4) is 17.2 Å². The maximum absolute atomic E-state index is 10.6. The van der Waals surface area contributed by atoms with Gasteiger partial charge in [-0.25, -0.2) is 0 Å². The van der Waals surface area contributed by atoms with Gasteiger partial charge in [0, 0.05) is 57.1 Å². The first-order valence-electron chi connectivity index (χ1n) is 18.6. The number of ether oxygens (including phenoxy) is 6. The molecule has 0 aromatic heterocycles. The van der Waals surface area contributed by atoms with Crippen LogP contribution in [0.5, 0.6) is 17.2 Å². The lowest BCUT2D eigenvalue weighted by Gasteiger charge is -2.36. The Morgan fingerprint density at radius 1 is 0.580 bits per heavy atom. The van der Waals surface area contributed by atoms with Crippen molar-refractivity contribution >= 4 is 0 Å². The summed E-state index contributed by atoms with van der Waals surface area (Å²) < 4.78 is 36.5. The van der Waals surface area contributed by atoms with Gasteiger partial charge >= 0.3 is 0 Å². The van der Waals surface area contributed by atoms with E-state index in [0.29, 0.717) is 82.6 Å². The van der Waals surface area contributed by atoms with Crippen LogP contribution in [0.15, 0.2) is 18.2 Å². The van der Waals surface area contributed by atoms with Crippen LogP contribution in [-0.2, 0) is 14.2 Å². The highest BCUT2D eigenvalue weighted by Gasteiger charge is 2.52. The second-order valence-electron chi connectivity index (χ2n) is 18.4. The van der Waals surface area contributed by atoms with E-state index < -0.39 is 0 Å². The summed E-state index contributed by atoms with van der Waals surface area (Å²) in [6.45, 7) is 29.6. The molecule has 3 atom stereocenters. The molecule has 0 aliphatic carbocycles. The molecule has 0 saturated carbocycles. The van der Waals surface area contributed by atoms with E-state index in [2.05, 4.69) is 88.4 Å². The Bertz CT molecular complexity index is 1250. The van der Waals surface area contributed by atoms with Crippen molar-refractivity contribution in [1.82, 2.24) is 15.4 Å². The molecule has 3 aliphatic heterocycles. The molecule has 0 bridgehead atoms. The fraction of sp³-hybridized carbons (Fsp3) is 0.846. The minimum Gasteiger partial charge on any atom is -0.491 e. The standard InChI is InChI=1S/C39H69N3O8/c1-34(2)22-28(37(7,8)40-34)25-45-17-20-50-33-21-31(48-18-15-46-26-29-23-35(3,4)41(43)38(29,9)10)13-14-32(33)49-19-16-47-27-30-24-36(5,6)42(44)39(30,11)12/h13-14,21,28-30,40,43-44H,15-20,22-27H2,1-12H3. The molecular weight excluding hydrogens is 638 g/mol. The number of hydroxylamine groups is 4. The third kappa shape index (κ3) is 9.83. The highest BCUT2D eigenvalue weighted by atomic mass is 16.6. The van der Waals surface area contributed by atoms with Gasteiger partial charge in [0.1, 0.15) is 25.6 Å². The van der Waals surface area contributed by atoms with Crippen LogP contribution >= 0.6 is 0 Å². The summed E-state index contributed by atoms with van der Waals surface area (Å²) in [6, 6.07) is 5.60. The van der Waals surface area contributed by atoms with Gasteiger partial charge in [0.15, 0.2) is 11.5 Å².